The molecule has 1 aromatic carbocycles. The van der Waals surface area contributed by atoms with Gasteiger partial charge in [0, 0.05) is 16.9 Å². The molecule has 5 nitrogen and oxygen atoms in total. The van der Waals surface area contributed by atoms with Crippen LogP contribution in [0.5, 0.6) is 0 Å². The maximum absolute atomic E-state index is 12.3. The second-order valence-corrected chi connectivity index (χ2v) is 8.64. The number of nitrogens with one attached hydrogen (secondary N) is 1. The van der Waals surface area contributed by atoms with Crippen molar-refractivity contribution in [3.8, 4) is 0 Å². The topological polar surface area (TPSA) is 89.3 Å². The maximum Gasteiger partial charge on any atom is 0.251 e. The average molecular weight is 342 g/mol. The minimum Gasteiger partial charge on any atom is -0.348 e. The molecule has 122 valence electrons. The third-order valence-electron chi connectivity index (χ3n) is 3.73. The second-order valence-electron chi connectivity index (χ2n) is 5.51. The number of thioether (sulfide) groups is 1. The summed E-state index contributed by atoms with van der Waals surface area (Å²) >= 11 is 1.90. The predicted molar refractivity (Wildman–Crippen MR) is 90.3 cm³/mol. The smallest absolute Gasteiger partial charge is 0.251 e. The molecule has 0 unspecified atom stereocenters. The average Bonchev–Trinajstić information content (AvgIpc) is 2.85. The highest BCUT2D eigenvalue weighted by atomic mass is 32.2. The number of benzene rings is 1. The van der Waals surface area contributed by atoms with Gasteiger partial charge in [0.05, 0.1) is 5.75 Å². The molecule has 1 aromatic rings. The van der Waals surface area contributed by atoms with Gasteiger partial charge in [-0.15, -0.1) is 0 Å². The van der Waals surface area contributed by atoms with E-state index in [1.54, 1.807) is 24.3 Å². The van der Waals surface area contributed by atoms with Gasteiger partial charge in [0.25, 0.3) is 5.91 Å². The lowest BCUT2D eigenvalue weighted by atomic mass is 10.1. The number of carbonyl (C=O) groups excluding carboxylic acids is 1. The van der Waals surface area contributed by atoms with Crippen LogP contribution >= 0.6 is 11.8 Å². The van der Waals surface area contributed by atoms with Gasteiger partial charge >= 0.3 is 0 Å². The Hall–Kier alpha value is -1.05. The van der Waals surface area contributed by atoms with Gasteiger partial charge in [-0.25, -0.2) is 13.6 Å². The van der Waals surface area contributed by atoms with E-state index in [2.05, 4.69) is 12.2 Å². The summed E-state index contributed by atoms with van der Waals surface area (Å²) in [5.41, 5.74) is 1.13. The van der Waals surface area contributed by atoms with Gasteiger partial charge < -0.3 is 5.32 Å². The Morgan fingerprint density at radius 1 is 1.32 bits per heavy atom. The van der Waals surface area contributed by atoms with Crippen LogP contribution in [0.3, 0.4) is 0 Å². The molecule has 3 N–H and O–H groups in total. The number of rotatable bonds is 6. The standard InChI is InChI=1S/C15H22N2O3S2/c1-2-21-14-5-3-4-13(14)17-15(18)12-8-6-11(7-9-12)10-22(16,19)20/h6-9,13-14H,2-5,10H2,1H3,(H,17,18)(H2,16,19,20)/t13-,14+/m1/s1. The first-order valence-electron chi connectivity index (χ1n) is 7.41. The third kappa shape index (κ3) is 5.00. The highest BCUT2D eigenvalue weighted by Gasteiger charge is 2.28. The van der Waals surface area contributed by atoms with E-state index in [1.807, 2.05) is 11.8 Å². The Morgan fingerprint density at radius 3 is 2.59 bits per heavy atom. The van der Waals surface area contributed by atoms with E-state index in [0.717, 1.165) is 25.0 Å². The minimum absolute atomic E-state index is 0.101. The molecular formula is C15H22N2O3S2. The molecule has 1 aliphatic carbocycles. The van der Waals surface area contributed by atoms with Crippen molar-refractivity contribution in [1.29, 1.82) is 0 Å². The fraction of sp³-hybridized carbons (Fsp3) is 0.533. The summed E-state index contributed by atoms with van der Waals surface area (Å²) in [6.07, 6.45) is 3.32. The third-order valence-corrected chi connectivity index (χ3v) is 5.80. The fourth-order valence-electron chi connectivity index (χ4n) is 2.74. The SMILES string of the molecule is CCS[C@H]1CCC[C@H]1NC(=O)c1ccc(CS(N)(=O)=O)cc1. The Bertz CT molecular complexity index is 614. The van der Waals surface area contributed by atoms with Gasteiger partial charge in [-0.1, -0.05) is 25.5 Å². The van der Waals surface area contributed by atoms with Crippen molar-refractivity contribution in [3.05, 3.63) is 35.4 Å². The molecule has 1 amide bonds. The number of primary sulfonamides is 1. The quantitative estimate of drug-likeness (QED) is 0.826. The minimum atomic E-state index is -3.55. The van der Waals surface area contributed by atoms with Crippen LogP contribution in [0.15, 0.2) is 24.3 Å². The van der Waals surface area contributed by atoms with Crippen molar-refractivity contribution in [3.63, 3.8) is 0 Å². The molecule has 1 aliphatic rings. The molecule has 2 atom stereocenters. The molecular weight excluding hydrogens is 320 g/mol. The van der Waals surface area contributed by atoms with Crippen LogP contribution in [-0.2, 0) is 15.8 Å². The summed E-state index contributed by atoms with van der Waals surface area (Å²) in [6, 6.07) is 6.78. The zero-order valence-corrected chi connectivity index (χ0v) is 14.3. The number of hydrogen-bond acceptors (Lipinski definition) is 4. The van der Waals surface area contributed by atoms with E-state index in [4.69, 9.17) is 5.14 Å². The Kier molecular flexibility index (Phi) is 5.88. The summed E-state index contributed by atoms with van der Waals surface area (Å²) in [4.78, 5) is 12.3. The van der Waals surface area contributed by atoms with Crippen molar-refractivity contribution in [2.75, 3.05) is 5.75 Å². The van der Waals surface area contributed by atoms with Crippen molar-refractivity contribution < 1.29 is 13.2 Å². The number of sulfonamides is 1. The van der Waals surface area contributed by atoms with Gasteiger partial charge in [-0.3, -0.25) is 4.79 Å². The lowest BCUT2D eigenvalue weighted by molar-refractivity contribution is 0.0938. The van der Waals surface area contributed by atoms with Crippen molar-refractivity contribution >= 4 is 27.7 Å². The number of carbonyl (C=O) groups is 1. The summed E-state index contributed by atoms with van der Waals surface area (Å²) in [7, 11) is -3.55. The molecule has 2 rings (SSSR count). The molecule has 0 spiro atoms. The molecule has 1 fully saturated rings. The van der Waals surface area contributed by atoms with Crippen LogP contribution in [0.25, 0.3) is 0 Å². The molecule has 0 aromatic heterocycles. The van der Waals surface area contributed by atoms with Crippen molar-refractivity contribution in [1.82, 2.24) is 5.32 Å². The van der Waals surface area contributed by atoms with Gasteiger partial charge in [-0.2, -0.15) is 11.8 Å². The van der Waals surface area contributed by atoms with E-state index in [1.165, 1.54) is 0 Å². The van der Waals surface area contributed by atoms with E-state index in [0.29, 0.717) is 16.4 Å². The maximum atomic E-state index is 12.3. The molecule has 0 radical (unpaired) electrons. The first-order valence-corrected chi connectivity index (χ1v) is 10.2. The number of nitrogens with two attached hydrogens (primary N) is 1. The normalized spacial score (nSPS) is 21.7. The first kappa shape index (κ1) is 17.3. The second kappa shape index (κ2) is 7.48. The first-order chi connectivity index (χ1) is 10.4. The number of hydrogen-bond donors (Lipinski definition) is 2. The molecule has 1 saturated carbocycles. The lowest BCUT2D eigenvalue weighted by Gasteiger charge is -2.20. The largest absolute Gasteiger partial charge is 0.348 e. The van der Waals surface area contributed by atoms with Gasteiger partial charge in [-0.05, 0) is 36.3 Å². The zero-order chi connectivity index (χ0) is 16.2. The van der Waals surface area contributed by atoms with Gasteiger partial charge in [0.1, 0.15) is 0 Å². The van der Waals surface area contributed by atoms with Gasteiger partial charge in [0.2, 0.25) is 10.0 Å². The van der Waals surface area contributed by atoms with E-state index < -0.39 is 10.0 Å². The van der Waals surface area contributed by atoms with Crippen LogP contribution in [0.2, 0.25) is 0 Å². The predicted octanol–water partition coefficient (Wildman–Crippen LogP) is 1.88. The van der Waals surface area contributed by atoms with E-state index in [9.17, 15) is 13.2 Å². The summed E-state index contributed by atoms with van der Waals surface area (Å²) in [5, 5.41) is 8.60. The molecule has 0 heterocycles. The van der Waals surface area contributed by atoms with Crippen LogP contribution in [-0.4, -0.2) is 31.4 Å². The molecule has 22 heavy (non-hydrogen) atoms. The Labute approximate surface area is 136 Å². The van der Waals surface area contributed by atoms with E-state index >= 15 is 0 Å². The Morgan fingerprint density at radius 2 is 2.00 bits per heavy atom. The van der Waals surface area contributed by atoms with Gasteiger partial charge in [0.15, 0.2) is 0 Å². The molecule has 0 bridgehead atoms. The summed E-state index contributed by atoms with van der Waals surface area (Å²) < 4.78 is 22.1. The van der Waals surface area contributed by atoms with Crippen molar-refractivity contribution in [2.45, 2.75) is 43.2 Å². The van der Waals surface area contributed by atoms with Crippen LogP contribution < -0.4 is 10.5 Å². The molecule has 7 heteroatoms. The monoisotopic (exact) mass is 342 g/mol. The lowest BCUT2D eigenvalue weighted by Crippen LogP contribution is -2.38. The fourth-order valence-corrected chi connectivity index (χ4v) is 4.60. The highest BCUT2D eigenvalue weighted by molar-refractivity contribution is 7.99. The van der Waals surface area contributed by atoms with E-state index in [-0.39, 0.29) is 17.7 Å². The Balaban J connectivity index is 1.98. The zero-order valence-electron chi connectivity index (χ0n) is 12.6. The molecule has 0 saturated heterocycles. The molecule has 0 aliphatic heterocycles. The summed E-state index contributed by atoms with van der Waals surface area (Å²) in [6.45, 7) is 2.13. The van der Waals surface area contributed by atoms with Crippen LogP contribution in [0.1, 0.15) is 42.1 Å². The highest BCUT2D eigenvalue weighted by Crippen LogP contribution is 2.30. The number of amides is 1. The van der Waals surface area contributed by atoms with Crippen LogP contribution in [0.4, 0.5) is 0 Å². The van der Waals surface area contributed by atoms with Crippen molar-refractivity contribution in [2.24, 2.45) is 5.14 Å². The van der Waals surface area contributed by atoms with Crippen LogP contribution in [0, 0.1) is 0 Å². The summed E-state index contributed by atoms with van der Waals surface area (Å²) in [5.74, 6) is 0.738.